The zero-order chi connectivity index (χ0) is 14.2. The molecule has 2 N–H and O–H groups in total. The van der Waals surface area contributed by atoms with Crippen LogP contribution in [0.15, 0.2) is 24.3 Å². The largest absolute Gasteiger partial charge is 0.379 e. The molecule has 2 aliphatic heterocycles. The van der Waals surface area contributed by atoms with Crippen LogP contribution in [-0.2, 0) is 4.74 Å². The van der Waals surface area contributed by atoms with Gasteiger partial charge in [-0.1, -0.05) is 12.1 Å². The standard InChI is InChI=1S/C15H18N4O2/c20-15(16-11-5-6-21-9-11)19-7-10(8-19)14-17-12-3-1-2-4-13(12)18-14/h1-4,10-11H,5-9H2,(H,16,20)(H,17,18)/t11-/m0/s1. The maximum atomic E-state index is 12.1. The van der Waals surface area contributed by atoms with Crippen LogP contribution in [0.1, 0.15) is 18.2 Å². The first-order valence-corrected chi connectivity index (χ1v) is 7.37. The number of nitrogens with one attached hydrogen (secondary N) is 2. The third-order valence-electron chi connectivity index (χ3n) is 4.22. The highest BCUT2D eigenvalue weighted by molar-refractivity contribution is 5.77. The summed E-state index contributed by atoms with van der Waals surface area (Å²) < 4.78 is 5.27. The Bertz CT molecular complexity index is 623. The van der Waals surface area contributed by atoms with Gasteiger partial charge in [0, 0.05) is 19.7 Å². The summed E-state index contributed by atoms with van der Waals surface area (Å²) in [6.07, 6.45) is 0.909. The third kappa shape index (κ3) is 2.35. The summed E-state index contributed by atoms with van der Waals surface area (Å²) in [5.74, 6) is 1.28. The number of carbonyl (C=O) groups excluding carboxylic acids is 1. The van der Waals surface area contributed by atoms with E-state index in [1.54, 1.807) is 0 Å². The topological polar surface area (TPSA) is 70.2 Å². The molecule has 6 nitrogen and oxygen atoms in total. The first-order valence-electron chi connectivity index (χ1n) is 7.37. The van der Waals surface area contributed by atoms with E-state index in [1.165, 1.54) is 0 Å². The molecule has 3 heterocycles. The number of ether oxygens (including phenoxy) is 1. The van der Waals surface area contributed by atoms with Crippen molar-refractivity contribution in [2.45, 2.75) is 18.4 Å². The molecular formula is C15H18N4O2. The van der Waals surface area contributed by atoms with E-state index in [0.29, 0.717) is 12.5 Å². The van der Waals surface area contributed by atoms with Crippen LogP contribution in [0, 0.1) is 0 Å². The van der Waals surface area contributed by atoms with Crippen molar-refractivity contribution in [2.75, 3.05) is 26.3 Å². The van der Waals surface area contributed by atoms with Crippen molar-refractivity contribution in [2.24, 2.45) is 0 Å². The van der Waals surface area contributed by atoms with Crippen LogP contribution < -0.4 is 5.32 Å². The molecule has 2 amide bonds. The molecule has 110 valence electrons. The van der Waals surface area contributed by atoms with Crippen molar-refractivity contribution in [1.82, 2.24) is 20.2 Å². The number of para-hydroxylation sites is 2. The molecule has 2 aromatic rings. The summed E-state index contributed by atoms with van der Waals surface area (Å²) in [6.45, 7) is 2.82. The summed E-state index contributed by atoms with van der Waals surface area (Å²) >= 11 is 0. The van der Waals surface area contributed by atoms with Crippen molar-refractivity contribution in [3.63, 3.8) is 0 Å². The number of hydrogen-bond donors (Lipinski definition) is 2. The summed E-state index contributed by atoms with van der Waals surface area (Å²) in [4.78, 5) is 21.8. The van der Waals surface area contributed by atoms with Gasteiger partial charge in [0.15, 0.2) is 0 Å². The van der Waals surface area contributed by atoms with Gasteiger partial charge in [-0.2, -0.15) is 0 Å². The molecule has 2 fully saturated rings. The summed E-state index contributed by atoms with van der Waals surface area (Å²) in [6, 6.07) is 8.18. The maximum absolute atomic E-state index is 12.1. The fourth-order valence-corrected chi connectivity index (χ4v) is 2.90. The Balaban J connectivity index is 1.36. The van der Waals surface area contributed by atoms with E-state index in [0.717, 1.165) is 43.0 Å². The van der Waals surface area contributed by atoms with Crippen molar-refractivity contribution in [1.29, 1.82) is 0 Å². The average molecular weight is 286 g/mol. The van der Waals surface area contributed by atoms with Crippen LogP contribution in [-0.4, -0.2) is 53.2 Å². The zero-order valence-corrected chi connectivity index (χ0v) is 11.7. The second kappa shape index (κ2) is 5.04. The normalized spacial score (nSPS) is 22.5. The fourth-order valence-electron chi connectivity index (χ4n) is 2.90. The number of imidazole rings is 1. The molecule has 0 spiro atoms. The predicted octanol–water partition coefficient (Wildman–Crippen LogP) is 1.46. The molecule has 1 aromatic heterocycles. The summed E-state index contributed by atoms with van der Waals surface area (Å²) in [5.41, 5.74) is 2.04. The van der Waals surface area contributed by atoms with E-state index >= 15 is 0 Å². The van der Waals surface area contributed by atoms with Gasteiger partial charge in [-0.05, 0) is 18.6 Å². The number of amides is 2. The average Bonchev–Trinajstić information content (AvgIpc) is 3.05. The van der Waals surface area contributed by atoms with Crippen LogP contribution in [0.25, 0.3) is 11.0 Å². The maximum Gasteiger partial charge on any atom is 0.317 e. The number of likely N-dealkylation sites (tertiary alicyclic amines) is 1. The number of urea groups is 1. The number of H-pyrrole nitrogens is 1. The summed E-state index contributed by atoms with van der Waals surface area (Å²) in [5, 5.41) is 3.01. The molecule has 1 aromatic carbocycles. The lowest BCUT2D eigenvalue weighted by atomic mass is 10.00. The number of hydrogen-bond acceptors (Lipinski definition) is 3. The molecule has 0 aliphatic carbocycles. The molecule has 21 heavy (non-hydrogen) atoms. The Labute approximate surface area is 122 Å². The van der Waals surface area contributed by atoms with Crippen molar-refractivity contribution in [3.05, 3.63) is 30.1 Å². The van der Waals surface area contributed by atoms with E-state index < -0.39 is 0 Å². The van der Waals surface area contributed by atoms with Gasteiger partial charge in [0.05, 0.1) is 29.6 Å². The zero-order valence-electron chi connectivity index (χ0n) is 11.7. The molecular weight excluding hydrogens is 268 g/mol. The minimum Gasteiger partial charge on any atom is -0.379 e. The number of benzene rings is 1. The molecule has 0 bridgehead atoms. The lowest BCUT2D eigenvalue weighted by Gasteiger charge is -2.38. The first kappa shape index (κ1) is 12.6. The lowest BCUT2D eigenvalue weighted by molar-refractivity contribution is 0.142. The van der Waals surface area contributed by atoms with Gasteiger partial charge in [0.25, 0.3) is 0 Å². The van der Waals surface area contributed by atoms with Crippen LogP contribution in [0.4, 0.5) is 4.79 Å². The number of fused-ring (bicyclic) bond motifs is 1. The number of carbonyl (C=O) groups is 1. The van der Waals surface area contributed by atoms with Gasteiger partial charge in [0.1, 0.15) is 5.82 Å². The Morgan fingerprint density at radius 3 is 3.00 bits per heavy atom. The fraction of sp³-hybridized carbons (Fsp3) is 0.467. The van der Waals surface area contributed by atoms with Crippen molar-refractivity contribution < 1.29 is 9.53 Å². The first-order chi connectivity index (χ1) is 10.3. The Kier molecular flexibility index (Phi) is 3.03. The van der Waals surface area contributed by atoms with Gasteiger partial charge in [-0.3, -0.25) is 0 Å². The second-order valence-electron chi connectivity index (χ2n) is 5.75. The molecule has 2 saturated heterocycles. The van der Waals surface area contributed by atoms with E-state index in [1.807, 2.05) is 29.2 Å². The predicted molar refractivity (Wildman–Crippen MR) is 78.2 cm³/mol. The van der Waals surface area contributed by atoms with Crippen LogP contribution in [0.5, 0.6) is 0 Å². The van der Waals surface area contributed by atoms with Crippen LogP contribution >= 0.6 is 0 Å². The van der Waals surface area contributed by atoms with Gasteiger partial charge in [-0.25, -0.2) is 9.78 Å². The highest BCUT2D eigenvalue weighted by atomic mass is 16.5. The SMILES string of the molecule is O=C(N[C@H]1CCOC1)N1CC(c2nc3ccccc3[nH]2)C1. The number of aromatic nitrogens is 2. The van der Waals surface area contributed by atoms with Crippen molar-refractivity contribution >= 4 is 17.1 Å². The third-order valence-corrected chi connectivity index (χ3v) is 4.22. The van der Waals surface area contributed by atoms with Crippen LogP contribution in [0.2, 0.25) is 0 Å². The van der Waals surface area contributed by atoms with E-state index in [2.05, 4.69) is 15.3 Å². The molecule has 6 heteroatoms. The van der Waals surface area contributed by atoms with E-state index in [9.17, 15) is 4.79 Å². The minimum absolute atomic E-state index is 0.0119. The molecule has 0 unspecified atom stereocenters. The molecule has 4 rings (SSSR count). The van der Waals surface area contributed by atoms with Crippen LogP contribution in [0.3, 0.4) is 0 Å². The van der Waals surface area contributed by atoms with Gasteiger partial charge >= 0.3 is 6.03 Å². The van der Waals surface area contributed by atoms with Gasteiger partial charge in [-0.15, -0.1) is 0 Å². The minimum atomic E-state index is 0.0119. The molecule has 0 radical (unpaired) electrons. The number of nitrogens with zero attached hydrogens (tertiary/aromatic N) is 2. The monoisotopic (exact) mass is 286 g/mol. The molecule has 2 aliphatic rings. The molecule has 0 saturated carbocycles. The Morgan fingerprint density at radius 1 is 1.38 bits per heavy atom. The Morgan fingerprint density at radius 2 is 2.24 bits per heavy atom. The second-order valence-corrected chi connectivity index (χ2v) is 5.75. The Hall–Kier alpha value is -2.08. The smallest absolute Gasteiger partial charge is 0.317 e. The number of aromatic amines is 1. The van der Waals surface area contributed by atoms with E-state index in [4.69, 9.17) is 4.74 Å². The number of rotatable bonds is 2. The summed E-state index contributed by atoms with van der Waals surface area (Å²) in [7, 11) is 0. The van der Waals surface area contributed by atoms with E-state index in [-0.39, 0.29) is 12.1 Å². The lowest BCUT2D eigenvalue weighted by Crippen LogP contribution is -2.54. The molecule has 1 atom stereocenters. The quantitative estimate of drug-likeness (QED) is 0.878. The highest BCUT2D eigenvalue weighted by Crippen LogP contribution is 2.26. The van der Waals surface area contributed by atoms with Gasteiger partial charge in [0.2, 0.25) is 0 Å². The van der Waals surface area contributed by atoms with Gasteiger partial charge < -0.3 is 19.9 Å². The van der Waals surface area contributed by atoms with Crippen molar-refractivity contribution in [3.8, 4) is 0 Å². The highest BCUT2D eigenvalue weighted by Gasteiger charge is 2.34.